The lowest BCUT2D eigenvalue weighted by molar-refractivity contribution is -0.140. The summed E-state index contributed by atoms with van der Waals surface area (Å²) in [4.78, 5) is 30.1. The second-order valence-corrected chi connectivity index (χ2v) is 14.9. The summed E-state index contributed by atoms with van der Waals surface area (Å²) in [6.45, 7) is 9.28. The molecule has 10 heteroatoms. The minimum absolute atomic E-state index is 0.0482. The molecule has 0 saturated carbocycles. The first-order chi connectivity index (χ1) is 22.3. The van der Waals surface area contributed by atoms with E-state index in [1.165, 1.54) is 17.0 Å². The van der Waals surface area contributed by atoms with E-state index in [0.29, 0.717) is 33.4 Å². The molecule has 0 aliphatic carbocycles. The van der Waals surface area contributed by atoms with Gasteiger partial charge in [0.15, 0.2) is 0 Å². The number of anilines is 1. The van der Waals surface area contributed by atoms with E-state index in [4.69, 9.17) is 23.2 Å². The van der Waals surface area contributed by atoms with E-state index in [0.717, 1.165) is 21.0 Å². The van der Waals surface area contributed by atoms with Crippen LogP contribution < -0.4 is 9.62 Å². The third-order valence-electron chi connectivity index (χ3n) is 7.85. The summed E-state index contributed by atoms with van der Waals surface area (Å²) in [5.41, 5.74) is 4.19. The molecule has 248 valence electrons. The van der Waals surface area contributed by atoms with Crippen molar-refractivity contribution < 1.29 is 18.0 Å². The van der Waals surface area contributed by atoms with Crippen molar-refractivity contribution in [2.45, 2.75) is 58.5 Å². The molecule has 0 saturated heterocycles. The van der Waals surface area contributed by atoms with Gasteiger partial charge in [-0.05, 0) is 68.1 Å². The maximum absolute atomic E-state index is 14.7. The Morgan fingerprint density at radius 1 is 0.809 bits per heavy atom. The summed E-state index contributed by atoms with van der Waals surface area (Å²) in [6, 6.07) is 25.3. The van der Waals surface area contributed by atoms with E-state index in [1.54, 1.807) is 36.4 Å². The molecule has 0 fully saturated rings. The molecule has 4 aromatic rings. The fourth-order valence-electron chi connectivity index (χ4n) is 5.27. The first-order valence-electron chi connectivity index (χ1n) is 15.5. The lowest BCUT2D eigenvalue weighted by Gasteiger charge is -2.34. The fraction of sp³-hybridized carbons (Fsp3) is 0.297. The largest absolute Gasteiger partial charge is 0.354 e. The number of halogens is 2. The standard InChI is InChI=1S/C37H41Cl2N3O4S/c1-25(2)22-40-37(44)35(21-29-10-7-6-8-11-29)41(23-31-32(38)12-9-13-33(31)39)36(43)24-42(34-19-16-27(4)20-28(34)5)47(45,46)30-17-14-26(3)15-18-30/h6-20,25,35H,21-24H2,1-5H3,(H,40,44). The highest BCUT2D eigenvalue weighted by Crippen LogP contribution is 2.30. The van der Waals surface area contributed by atoms with Gasteiger partial charge < -0.3 is 10.2 Å². The summed E-state index contributed by atoms with van der Waals surface area (Å²) in [7, 11) is -4.22. The van der Waals surface area contributed by atoms with Crippen molar-refractivity contribution in [1.82, 2.24) is 10.2 Å². The van der Waals surface area contributed by atoms with Gasteiger partial charge in [-0.25, -0.2) is 8.42 Å². The highest BCUT2D eigenvalue weighted by molar-refractivity contribution is 7.92. The second-order valence-electron chi connectivity index (χ2n) is 12.2. The number of carbonyl (C=O) groups excluding carboxylic acids is 2. The number of aryl methyl sites for hydroxylation is 3. The SMILES string of the molecule is Cc1ccc(S(=O)(=O)N(CC(=O)N(Cc2c(Cl)cccc2Cl)C(Cc2ccccc2)C(=O)NCC(C)C)c2ccc(C)cc2C)cc1. The number of amides is 2. The molecule has 7 nitrogen and oxygen atoms in total. The van der Waals surface area contributed by atoms with E-state index in [2.05, 4.69) is 5.32 Å². The van der Waals surface area contributed by atoms with Gasteiger partial charge in [0.25, 0.3) is 10.0 Å². The minimum atomic E-state index is -4.22. The average molecular weight is 695 g/mol. The van der Waals surface area contributed by atoms with E-state index < -0.39 is 28.5 Å². The first kappa shape index (κ1) is 36.0. The van der Waals surface area contributed by atoms with Gasteiger partial charge >= 0.3 is 0 Å². The van der Waals surface area contributed by atoms with Crippen LogP contribution in [0.3, 0.4) is 0 Å². The number of rotatable bonds is 13. The van der Waals surface area contributed by atoms with Gasteiger partial charge in [0, 0.05) is 35.1 Å². The van der Waals surface area contributed by atoms with Crippen molar-refractivity contribution >= 4 is 50.7 Å². The molecule has 47 heavy (non-hydrogen) atoms. The maximum Gasteiger partial charge on any atom is 0.264 e. The first-order valence-corrected chi connectivity index (χ1v) is 17.7. The summed E-state index contributed by atoms with van der Waals surface area (Å²) < 4.78 is 29.8. The molecule has 0 spiro atoms. The Morgan fingerprint density at radius 3 is 2.02 bits per heavy atom. The molecular weight excluding hydrogens is 653 g/mol. The highest BCUT2D eigenvalue weighted by atomic mass is 35.5. The van der Waals surface area contributed by atoms with Crippen molar-refractivity contribution in [2.75, 3.05) is 17.4 Å². The molecule has 1 unspecified atom stereocenters. The number of nitrogens with zero attached hydrogens (tertiary/aromatic N) is 2. The fourth-order valence-corrected chi connectivity index (χ4v) is 7.26. The molecule has 0 radical (unpaired) electrons. The Labute approximate surface area is 288 Å². The van der Waals surface area contributed by atoms with Crippen LogP contribution in [0.15, 0.2) is 95.9 Å². The highest BCUT2D eigenvalue weighted by Gasteiger charge is 2.35. The van der Waals surface area contributed by atoms with Crippen LogP contribution in [0.1, 0.15) is 41.7 Å². The number of carbonyl (C=O) groups is 2. The molecule has 0 aliphatic rings. The van der Waals surface area contributed by atoms with Crippen LogP contribution in [-0.4, -0.2) is 44.3 Å². The van der Waals surface area contributed by atoms with Crippen molar-refractivity contribution in [2.24, 2.45) is 5.92 Å². The Kier molecular flexibility index (Phi) is 12.1. The Bertz CT molecular complexity index is 1790. The van der Waals surface area contributed by atoms with Gasteiger partial charge in [-0.1, -0.05) is 109 Å². The van der Waals surface area contributed by atoms with E-state index >= 15 is 0 Å². The molecule has 0 bridgehead atoms. The maximum atomic E-state index is 14.7. The quantitative estimate of drug-likeness (QED) is 0.157. The predicted octanol–water partition coefficient (Wildman–Crippen LogP) is 7.53. The van der Waals surface area contributed by atoms with Gasteiger partial charge in [-0.3, -0.25) is 13.9 Å². The van der Waals surface area contributed by atoms with Gasteiger partial charge in [-0.2, -0.15) is 0 Å². The van der Waals surface area contributed by atoms with Crippen molar-refractivity contribution in [1.29, 1.82) is 0 Å². The zero-order valence-corrected chi connectivity index (χ0v) is 29.7. The predicted molar refractivity (Wildman–Crippen MR) is 190 cm³/mol. The van der Waals surface area contributed by atoms with E-state index in [-0.39, 0.29) is 29.7 Å². The molecule has 4 rings (SSSR count). The molecule has 4 aromatic carbocycles. The normalized spacial score (nSPS) is 12.1. The lowest BCUT2D eigenvalue weighted by atomic mass is 10.0. The third-order valence-corrected chi connectivity index (χ3v) is 10.3. The number of hydrogen-bond donors (Lipinski definition) is 1. The van der Waals surface area contributed by atoms with Crippen molar-refractivity contribution in [3.05, 3.63) is 129 Å². The van der Waals surface area contributed by atoms with Crippen molar-refractivity contribution in [3.63, 3.8) is 0 Å². The van der Waals surface area contributed by atoms with Crippen LogP contribution in [-0.2, 0) is 32.6 Å². The zero-order valence-electron chi connectivity index (χ0n) is 27.3. The molecule has 2 amide bonds. The third kappa shape index (κ3) is 9.15. The monoisotopic (exact) mass is 693 g/mol. The van der Waals surface area contributed by atoms with Crippen LogP contribution in [0.2, 0.25) is 10.0 Å². The van der Waals surface area contributed by atoms with Gasteiger partial charge in [-0.15, -0.1) is 0 Å². The molecule has 1 atom stereocenters. The number of hydrogen-bond acceptors (Lipinski definition) is 4. The summed E-state index contributed by atoms with van der Waals surface area (Å²) >= 11 is 13.2. The number of benzene rings is 4. The molecule has 1 N–H and O–H groups in total. The second kappa shape index (κ2) is 15.8. The average Bonchev–Trinajstić information content (AvgIpc) is 3.02. The molecular formula is C37H41Cl2N3O4S. The zero-order chi connectivity index (χ0) is 34.3. The Hall–Kier alpha value is -3.85. The van der Waals surface area contributed by atoms with Gasteiger partial charge in [0.2, 0.25) is 11.8 Å². The van der Waals surface area contributed by atoms with Gasteiger partial charge in [0.1, 0.15) is 12.6 Å². The van der Waals surface area contributed by atoms with Crippen LogP contribution in [0.4, 0.5) is 5.69 Å². The lowest BCUT2D eigenvalue weighted by Crippen LogP contribution is -2.54. The van der Waals surface area contributed by atoms with Crippen LogP contribution in [0, 0.1) is 26.7 Å². The molecule has 0 aromatic heterocycles. The van der Waals surface area contributed by atoms with Crippen LogP contribution in [0.25, 0.3) is 0 Å². The van der Waals surface area contributed by atoms with E-state index in [1.807, 2.05) is 77.1 Å². The summed E-state index contributed by atoms with van der Waals surface area (Å²) in [6.07, 6.45) is 0.187. The number of nitrogens with one attached hydrogen (secondary N) is 1. The number of sulfonamides is 1. The molecule has 0 aliphatic heterocycles. The summed E-state index contributed by atoms with van der Waals surface area (Å²) in [5, 5.41) is 3.64. The van der Waals surface area contributed by atoms with Crippen LogP contribution in [0.5, 0.6) is 0 Å². The van der Waals surface area contributed by atoms with Crippen molar-refractivity contribution in [3.8, 4) is 0 Å². The smallest absolute Gasteiger partial charge is 0.264 e. The summed E-state index contributed by atoms with van der Waals surface area (Å²) in [5.74, 6) is -0.783. The Balaban J connectivity index is 1.86. The Morgan fingerprint density at radius 2 is 1.43 bits per heavy atom. The van der Waals surface area contributed by atoms with E-state index in [9.17, 15) is 18.0 Å². The minimum Gasteiger partial charge on any atom is -0.354 e. The van der Waals surface area contributed by atoms with Crippen LogP contribution >= 0.6 is 23.2 Å². The topological polar surface area (TPSA) is 86.8 Å². The molecule has 0 heterocycles. The van der Waals surface area contributed by atoms with Gasteiger partial charge in [0.05, 0.1) is 10.6 Å².